The third-order valence-electron chi connectivity index (χ3n) is 3.02. The van der Waals surface area contributed by atoms with Gasteiger partial charge in [0.05, 0.1) is 13.2 Å². The van der Waals surface area contributed by atoms with E-state index in [1.165, 1.54) is 0 Å². The van der Waals surface area contributed by atoms with Crippen molar-refractivity contribution in [1.82, 2.24) is 0 Å². The van der Waals surface area contributed by atoms with Crippen molar-refractivity contribution in [2.75, 3.05) is 13.2 Å². The van der Waals surface area contributed by atoms with Crippen LogP contribution < -0.4 is 20.9 Å². The van der Waals surface area contributed by atoms with Crippen LogP contribution in [0.3, 0.4) is 0 Å². The first-order valence-corrected chi connectivity index (χ1v) is 6.21. The van der Waals surface area contributed by atoms with E-state index in [4.69, 9.17) is 26.0 Å². The number of carbonyl (C=O) groups is 1. The zero-order chi connectivity index (χ0) is 13.8. The van der Waals surface area contributed by atoms with Gasteiger partial charge in [0.2, 0.25) is 0 Å². The van der Waals surface area contributed by atoms with Gasteiger partial charge in [-0.05, 0) is 24.1 Å². The molecule has 6 heteroatoms. The van der Waals surface area contributed by atoms with Crippen molar-refractivity contribution in [1.29, 1.82) is 0 Å². The van der Waals surface area contributed by atoms with Gasteiger partial charge in [0.25, 0.3) is 0 Å². The number of nitrogens with two attached hydrogens (primary N) is 2. The molecule has 0 radical (unpaired) electrons. The van der Waals surface area contributed by atoms with E-state index in [1.807, 2.05) is 6.07 Å². The minimum Gasteiger partial charge on any atom is -0.490 e. The van der Waals surface area contributed by atoms with E-state index in [2.05, 4.69) is 0 Å². The lowest BCUT2D eigenvalue weighted by Crippen LogP contribution is -2.33. The van der Waals surface area contributed by atoms with Crippen LogP contribution in [-0.2, 0) is 4.79 Å². The molecule has 0 aromatic heterocycles. The second-order valence-electron chi connectivity index (χ2n) is 4.54. The molecule has 0 amide bonds. The first kappa shape index (κ1) is 13.6. The standard InChI is InChI=1S/C13H18N2O4/c14-9(7-10(15)13(16)17)8-2-3-11-12(6-8)19-5-1-4-18-11/h2-3,6,9-10H,1,4-5,7,14-15H2,(H,16,17)/t9-,10-/m1/s1. The summed E-state index contributed by atoms with van der Waals surface area (Å²) < 4.78 is 11.1. The fraction of sp³-hybridized carbons (Fsp3) is 0.462. The maximum atomic E-state index is 10.7. The first-order valence-electron chi connectivity index (χ1n) is 6.21. The fourth-order valence-electron chi connectivity index (χ4n) is 1.92. The van der Waals surface area contributed by atoms with Crippen LogP contribution >= 0.6 is 0 Å². The molecule has 1 aromatic rings. The minimum atomic E-state index is -1.05. The molecule has 0 aliphatic carbocycles. The summed E-state index contributed by atoms with van der Waals surface area (Å²) >= 11 is 0. The van der Waals surface area contributed by atoms with Crippen molar-refractivity contribution >= 4 is 5.97 Å². The van der Waals surface area contributed by atoms with E-state index in [9.17, 15) is 4.79 Å². The lowest BCUT2D eigenvalue weighted by atomic mass is 10.00. The Labute approximate surface area is 111 Å². The van der Waals surface area contributed by atoms with Gasteiger partial charge in [0, 0.05) is 12.5 Å². The van der Waals surface area contributed by atoms with Gasteiger partial charge in [0.15, 0.2) is 11.5 Å². The number of carboxylic acid groups (broad SMARTS) is 1. The van der Waals surface area contributed by atoms with Crippen molar-refractivity contribution in [3.05, 3.63) is 23.8 Å². The number of benzene rings is 1. The van der Waals surface area contributed by atoms with Crippen molar-refractivity contribution < 1.29 is 19.4 Å². The second-order valence-corrected chi connectivity index (χ2v) is 4.54. The number of carboxylic acids is 1. The zero-order valence-electron chi connectivity index (χ0n) is 10.5. The third kappa shape index (κ3) is 3.36. The Kier molecular flexibility index (Phi) is 4.24. The van der Waals surface area contributed by atoms with Gasteiger partial charge < -0.3 is 26.0 Å². The van der Waals surface area contributed by atoms with Crippen LogP contribution in [0.1, 0.15) is 24.4 Å². The van der Waals surface area contributed by atoms with Crippen molar-refractivity contribution in [3.8, 4) is 11.5 Å². The van der Waals surface area contributed by atoms with E-state index in [-0.39, 0.29) is 6.42 Å². The highest BCUT2D eigenvalue weighted by atomic mass is 16.5. The highest BCUT2D eigenvalue weighted by molar-refractivity contribution is 5.73. The van der Waals surface area contributed by atoms with E-state index < -0.39 is 18.1 Å². The van der Waals surface area contributed by atoms with Gasteiger partial charge in [-0.25, -0.2) is 0 Å². The first-order chi connectivity index (χ1) is 9.08. The highest BCUT2D eigenvalue weighted by Gasteiger charge is 2.19. The molecule has 0 saturated carbocycles. The maximum Gasteiger partial charge on any atom is 0.320 e. The Balaban J connectivity index is 2.12. The molecule has 5 N–H and O–H groups in total. The molecule has 0 fully saturated rings. The Morgan fingerprint density at radius 3 is 2.63 bits per heavy atom. The molecule has 0 spiro atoms. The van der Waals surface area contributed by atoms with Crippen LogP contribution in [0.25, 0.3) is 0 Å². The van der Waals surface area contributed by atoms with Gasteiger partial charge in [-0.1, -0.05) is 6.07 Å². The average molecular weight is 266 g/mol. The molecule has 1 aliphatic heterocycles. The Morgan fingerprint density at radius 2 is 1.95 bits per heavy atom. The monoisotopic (exact) mass is 266 g/mol. The van der Waals surface area contributed by atoms with Gasteiger partial charge in [0.1, 0.15) is 6.04 Å². The number of aliphatic carboxylic acids is 1. The molecule has 0 bridgehead atoms. The van der Waals surface area contributed by atoms with Gasteiger partial charge >= 0.3 is 5.97 Å². The normalized spacial score (nSPS) is 17.4. The molecule has 19 heavy (non-hydrogen) atoms. The Hall–Kier alpha value is -1.79. The summed E-state index contributed by atoms with van der Waals surface area (Å²) in [6.07, 6.45) is 1.01. The molecule has 104 valence electrons. The number of rotatable bonds is 4. The molecule has 0 unspecified atom stereocenters. The largest absolute Gasteiger partial charge is 0.490 e. The smallest absolute Gasteiger partial charge is 0.320 e. The maximum absolute atomic E-state index is 10.7. The van der Waals surface area contributed by atoms with Crippen LogP contribution in [0.2, 0.25) is 0 Å². The van der Waals surface area contributed by atoms with E-state index >= 15 is 0 Å². The molecule has 1 heterocycles. The van der Waals surface area contributed by atoms with Crippen LogP contribution in [0, 0.1) is 0 Å². The van der Waals surface area contributed by atoms with Crippen LogP contribution in [0.4, 0.5) is 0 Å². The van der Waals surface area contributed by atoms with Crippen LogP contribution in [0.15, 0.2) is 18.2 Å². The summed E-state index contributed by atoms with van der Waals surface area (Å²) in [5, 5.41) is 8.78. The molecule has 0 saturated heterocycles. The summed E-state index contributed by atoms with van der Waals surface area (Å²) in [7, 11) is 0. The number of ether oxygens (including phenoxy) is 2. The Bertz CT molecular complexity index is 464. The van der Waals surface area contributed by atoms with Crippen LogP contribution in [0.5, 0.6) is 11.5 Å². The lowest BCUT2D eigenvalue weighted by Gasteiger charge is -2.16. The van der Waals surface area contributed by atoms with Gasteiger partial charge in [-0.3, -0.25) is 4.79 Å². The SMILES string of the molecule is N[C@H](C[C@@H](N)c1ccc2c(c1)OCCCO2)C(=O)O. The molecular weight excluding hydrogens is 248 g/mol. The van der Waals surface area contributed by atoms with E-state index in [0.717, 1.165) is 12.0 Å². The molecule has 2 rings (SSSR count). The Morgan fingerprint density at radius 1 is 1.26 bits per heavy atom. The predicted octanol–water partition coefficient (Wildman–Crippen LogP) is 0.650. The number of hydrogen-bond acceptors (Lipinski definition) is 5. The zero-order valence-corrected chi connectivity index (χ0v) is 10.5. The van der Waals surface area contributed by atoms with Crippen LogP contribution in [-0.4, -0.2) is 30.3 Å². The van der Waals surface area contributed by atoms with E-state index in [1.54, 1.807) is 12.1 Å². The summed E-state index contributed by atoms with van der Waals surface area (Å²) in [5.74, 6) is 0.287. The number of fused-ring (bicyclic) bond motifs is 1. The summed E-state index contributed by atoms with van der Waals surface area (Å²) in [6.45, 7) is 1.22. The van der Waals surface area contributed by atoms with Gasteiger partial charge in [-0.2, -0.15) is 0 Å². The second kappa shape index (κ2) is 5.90. The van der Waals surface area contributed by atoms with E-state index in [0.29, 0.717) is 24.7 Å². The minimum absolute atomic E-state index is 0.176. The van der Waals surface area contributed by atoms with Crippen molar-refractivity contribution in [2.45, 2.75) is 24.9 Å². The van der Waals surface area contributed by atoms with Gasteiger partial charge in [-0.15, -0.1) is 0 Å². The summed E-state index contributed by atoms with van der Waals surface area (Å²) in [5.41, 5.74) is 12.2. The molecule has 1 aromatic carbocycles. The quantitative estimate of drug-likeness (QED) is 0.738. The molecule has 1 aliphatic rings. The topological polar surface area (TPSA) is 108 Å². The summed E-state index contributed by atoms with van der Waals surface area (Å²) in [6, 6.07) is 3.99. The highest BCUT2D eigenvalue weighted by Crippen LogP contribution is 2.32. The van der Waals surface area contributed by atoms with Crippen molar-refractivity contribution in [3.63, 3.8) is 0 Å². The predicted molar refractivity (Wildman–Crippen MR) is 69.2 cm³/mol. The third-order valence-corrected chi connectivity index (χ3v) is 3.02. The lowest BCUT2D eigenvalue weighted by molar-refractivity contribution is -0.138. The van der Waals surface area contributed by atoms with Crippen molar-refractivity contribution in [2.24, 2.45) is 11.5 Å². The molecule has 2 atom stereocenters. The average Bonchev–Trinajstić information content (AvgIpc) is 2.62. The molecule has 6 nitrogen and oxygen atoms in total. The fourth-order valence-corrected chi connectivity index (χ4v) is 1.92. The number of hydrogen-bond donors (Lipinski definition) is 3. The summed E-state index contributed by atoms with van der Waals surface area (Å²) in [4.78, 5) is 10.7. The molecular formula is C13H18N2O4.